The molecule has 17 heavy (non-hydrogen) atoms. The topological polar surface area (TPSA) is 77.3 Å². The van der Waals surface area contributed by atoms with Gasteiger partial charge >= 0.3 is 0 Å². The van der Waals surface area contributed by atoms with Crippen LogP contribution in [-0.4, -0.2) is 18.1 Å². The van der Waals surface area contributed by atoms with Gasteiger partial charge < -0.3 is 0 Å². The largest absolute Gasteiger partial charge is 0.269 e. The zero-order chi connectivity index (χ0) is 13.3. The van der Waals surface area contributed by atoms with Crippen LogP contribution in [0.15, 0.2) is 24.3 Å². The first kappa shape index (κ1) is 13.6. The molecular weight excluding hydrogens is 242 g/mol. The Morgan fingerprint density at radius 1 is 1.29 bits per heavy atom. The fraction of sp³-hybridized carbons (Fsp3) is 0.455. The molecule has 0 aromatic heterocycles. The molecule has 0 fully saturated rings. The van der Waals surface area contributed by atoms with Gasteiger partial charge in [-0.05, 0) is 26.3 Å². The van der Waals surface area contributed by atoms with Crippen LogP contribution in [0.3, 0.4) is 0 Å². The van der Waals surface area contributed by atoms with Crippen molar-refractivity contribution in [2.75, 3.05) is 0 Å². The Labute approximate surface area is 101 Å². The third-order valence-electron chi connectivity index (χ3n) is 2.41. The molecule has 0 unspecified atom stereocenters. The molecule has 0 saturated carbocycles. The molecule has 0 heterocycles. The Bertz CT molecular complexity index is 529. The Morgan fingerprint density at radius 2 is 1.88 bits per heavy atom. The van der Waals surface area contributed by atoms with E-state index < -0.39 is 19.5 Å². The second-order valence-electron chi connectivity index (χ2n) is 4.80. The molecule has 6 heteroatoms. The number of nitrogens with zero attached hydrogens (tertiary/aromatic N) is 1. The summed E-state index contributed by atoms with van der Waals surface area (Å²) in [6.45, 7) is 4.83. The number of sulfone groups is 1. The van der Waals surface area contributed by atoms with E-state index in [0.717, 1.165) is 0 Å². The van der Waals surface area contributed by atoms with Gasteiger partial charge in [-0.25, -0.2) is 8.42 Å². The maximum absolute atomic E-state index is 11.9. The number of nitro groups is 1. The van der Waals surface area contributed by atoms with Crippen LogP contribution in [0.4, 0.5) is 5.69 Å². The zero-order valence-electron chi connectivity index (χ0n) is 10.0. The van der Waals surface area contributed by atoms with E-state index in [2.05, 4.69) is 0 Å². The third kappa shape index (κ3) is 3.26. The lowest BCUT2D eigenvalue weighted by atomic mass is 10.2. The summed E-state index contributed by atoms with van der Waals surface area (Å²) in [6.07, 6.45) is 0. The molecule has 0 N–H and O–H groups in total. The number of hydrogen-bond acceptors (Lipinski definition) is 4. The highest BCUT2D eigenvalue weighted by atomic mass is 32.2. The molecule has 94 valence electrons. The summed E-state index contributed by atoms with van der Waals surface area (Å²) in [5.41, 5.74) is 0.348. The lowest BCUT2D eigenvalue weighted by Crippen LogP contribution is -2.29. The Morgan fingerprint density at radius 3 is 2.35 bits per heavy atom. The summed E-state index contributed by atoms with van der Waals surface area (Å²) in [6, 6.07) is 5.71. The quantitative estimate of drug-likeness (QED) is 0.615. The van der Waals surface area contributed by atoms with E-state index in [1.807, 2.05) is 0 Å². The summed E-state index contributed by atoms with van der Waals surface area (Å²) >= 11 is 0. The first-order valence-corrected chi connectivity index (χ1v) is 6.74. The van der Waals surface area contributed by atoms with Gasteiger partial charge in [-0.1, -0.05) is 12.1 Å². The minimum atomic E-state index is -3.32. The second kappa shape index (κ2) is 4.44. The van der Waals surface area contributed by atoms with Crippen LogP contribution in [0, 0.1) is 10.1 Å². The highest BCUT2D eigenvalue weighted by Crippen LogP contribution is 2.22. The number of rotatable bonds is 3. The standard InChI is InChI=1S/C11H15NO4S/c1-11(2,3)17(15,16)8-9-5-4-6-10(7-9)12(13)14/h4-7H,8H2,1-3H3. The van der Waals surface area contributed by atoms with Crippen LogP contribution < -0.4 is 0 Å². The van der Waals surface area contributed by atoms with E-state index in [9.17, 15) is 18.5 Å². The molecule has 5 nitrogen and oxygen atoms in total. The van der Waals surface area contributed by atoms with E-state index >= 15 is 0 Å². The molecule has 0 amide bonds. The van der Waals surface area contributed by atoms with E-state index in [4.69, 9.17) is 0 Å². The summed E-state index contributed by atoms with van der Waals surface area (Å²) in [5.74, 6) is -0.182. The van der Waals surface area contributed by atoms with Gasteiger partial charge in [0.2, 0.25) is 0 Å². The normalized spacial score (nSPS) is 12.4. The van der Waals surface area contributed by atoms with Crippen molar-refractivity contribution in [3.63, 3.8) is 0 Å². The molecule has 0 spiro atoms. The fourth-order valence-corrected chi connectivity index (χ4v) is 2.25. The van der Waals surface area contributed by atoms with Crippen LogP contribution in [0.5, 0.6) is 0 Å². The molecule has 0 aliphatic carbocycles. The Hall–Kier alpha value is -1.43. The number of benzene rings is 1. The van der Waals surface area contributed by atoms with Crippen molar-refractivity contribution >= 4 is 15.5 Å². The van der Waals surface area contributed by atoms with E-state index in [-0.39, 0.29) is 11.4 Å². The van der Waals surface area contributed by atoms with Gasteiger partial charge in [-0.15, -0.1) is 0 Å². The van der Waals surface area contributed by atoms with Crippen LogP contribution in [0.1, 0.15) is 26.3 Å². The first-order valence-electron chi connectivity index (χ1n) is 5.09. The van der Waals surface area contributed by atoms with Gasteiger partial charge in [0.15, 0.2) is 9.84 Å². The number of nitro benzene ring substituents is 1. The van der Waals surface area contributed by atoms with E-state index in [1.165, 1.54) is 18.2 Å². The maximum Gasteiger partial charge on any atom is 0.269 e. The van der Waals surface area contributed by atoms with Crippen molar-refractivity contribution in [3.05, 3.63) is 39.9 Å². The van der Waals surface area contributed by atoms with Crippen LogP contribution in [0.2, 0.25) is 0 Å². The highest BCUT2D eigenvalue weighted by Gasteiger charge is 2.29. The summed E-state index contributed by atoms with van der Waals surface area (Å²) in [7, 11) is -3.32. The summed E-state index contributed by atoms with van der Waals surface area (Å²) in [4.78, 5) is 10.0. The minimum Gasteiger partial charge on any atom is -0.258 e. The maximum atomic E-state index is 11.9. The zero-order valence-corrected chi connectivity index (χ0v) is 10.8. The minimum absolute atomic E-state index is 0.0911. The van der Waals surface area contributed by atoms with Crippen LogP contribution >= 0.6 is 0 Å². The van der Waals surface area contributed by atoms with Gasteiger partial charge in [-0.2, -0.15) is 0 Å². The van der Waals surface area contributed by atoms with Gasteiger partial charge in [-0.3, -0.25) is 10.1 Å². The molecule has 0 aliphatic rings. The van der Waals surface area contributed by atoms with Gasteiger partial charge in [0.1, 0.15) is 0 Å². The van der Waals surface area contributed by atoms with Crippen molar-refractivity contribution in [1.29, 1.82) is 0 Å². The SMILES string of the molecule is CC(C)(C)S(=O)(=O)Cc1cccc([N+](=O)[O-])c1. The van der Waals surface area contributed by atoms with Crippen molar-refractivity contribution in [1.82, 2.24) is 0 Å². The Balaban J connectivity index is 3.05. The molecule has 0 radical (unpaired) electrons. The molecule has 0 saturated heterocycles. The molecular formula is C11H15NO4S. The summed E-state index contributed by atoms with van der Waals surface area (Å²) < 4.78 is 23.0. The molecule has 0 atom stereocenters. The highest BCUT2D eigenvalue weighted by molar-refractivity contribution is 7.91. The monoisotopic (exact) mass is 257 g/mol. The van der Waals surface area contributed by atoms with E-state index in [0.29, 0.717) is 5.56 Å². The third-order valence-corrected chi connectivity index (χ3v) is 4.99. The van der Waals surface area contributed by atoms with Crippen LogP contribution in [0.25, 0.3) is 0 Å². The van der Waals surface area contributed by atoms with E-state index in [1.54, 1.807) is 26.8 Å². The average molecular weight is 257 g/mol. The molecule has 1 aromatic rings. The predicted molar refractivity (Wildman–Crippen MR) is 65.5 cm³/mol. The van der Waals surface area contributed by atoms with Crippen molar-refractivity contribution < 1.29 is 13.3 Å². The predicted octanol–water partition coefficient (Wildman–Crippen LogP) is 2.31. The first-order chi connectivity index (χ1) is 7.63. The van der Waals surface area contributed by atoms with Gasteiger partial charge in [0.25, 0.3) is 5.69 Å². The van der Waals surface area contributed by atoms with Crippen LogP contribution in [-0.2, 0) is 15.6 Å². The smallest absolute Gasteiger partial charge is 0.258 e. The molecule has 0 aliphatic heterocycles. The number of non-ortho nitro benzene ring substituents is 1. The van der Waals surface area contributed by atoms with Crippen molar-refractivity contribution in [2.24, 2.45) is 0 Å². The second-order valence-corrected chi connectivity index (χ2v) is 7.54. The van der Waals surface area contributed by atoms with Crippen molar-refractivity contribution in [2.45, 2.75) is 31.3 Å². The van der Waals surface area contributed by atoms with Gasteiger partial charge in [0.05, 0.1) is 15.4 Å². The average Bonchev–Trinajstić information content (AvgIpc) is 2.15. The number of hydrogen-bond donors (Lipinski definition) is 0. The van der Waals surface area contributed by atoms with Gasteiger partial charge in [0, 0.05) is 12.1 Å². The molecule has 0 bridgehead atoms. The fourth-order valence-electron chi connectivity index (χ4n) is 1.20. The molecule has 1 rings (SSSR count). The Kier molecular flexibility index (Phi) is 3.56. The summed E-state index contributed by atoms with van der Waals surface area (Å²) in [5, 5.41) is 10.6. The lowest BCUT2D eigenvalue weighted by Gasteiger charge is -2.18. The lowest BCUT2D eigenvalue weighted by molar-refractivity contribution is -0.384. The molecule has 1 aromatic carbocycles. The van der Waals surface area contributed by atoms with Crippen molar-refractivity contribution in [3.8, 4) is 0 Å².